The van der Waals surface area contributed by atoms with Crippen molar-refractivity contribution < 1.29 is 8.42 Å². The Labute approximate surface area is 163 Å². The second kappa shape index (κ2) is 8.89. The average molecular weight is 395 g/mol. The van der Waals surface area contributed by atoms with Crippen LogP contribution in [0.5, 0.6) is 0 Å². The highest BCUT2D eigenvalue weighted by atomic mass is 35.5. The summed E-state index contributed by atoms with van der Waals surface area (Å²) in [5.74, 6) is 0. The van der Waals surface area contributed by atoms with Crippen LogP contribution in [0.2, 0.25) is 0 Å². The topological polar surface area (TPSA) is 40.6 Å². The van der Waals surface area contributed by atoms with Gasteiger partial charge in [-0.3, -0.25) is 9.21 Å². The highest BCUT2D eigenvalue weighted by Gasteiger charge is 2.18. The van der Waals surface area contributed by atoms with Crippen LogP contribution in [0.15, 0.2) is 48.5 Å². The molecule has 4 nitrogen and oxygen atoms in total. The molecule has 6 heteroatoms. The van der Waals surface area contributed by atoms with Crippen molar-refractivity contribution in [1.29, 1.82) is 0 Å². The van der Waals surface area contributed by atoms with Gasteiger partial charge < -0.3 is 0 Å². The van der Waals surface area contributed by atoms with Crippen LogP contribution in [0.25, 0.3) is 0 Å². The van der Waals surface area contributed by atoms with Gasteiger partial charge in [0, 0.05) is 20.1 Å². The van der Waals surface area contributed by atoms with Gasteiger partial charge >= 0.3 is 0 Å². The Hall–Kier alpha value is -1.56. The molecule has 1 aliphatic rings. The van der Waals surface area contributed by atoms with Crippen LogP contribution in [0.3, 0.4) is 0 Å². The van der Waals surface area contributed by atoms with Gasteiger partial charge in [0.2, 0.25) is 10.0 Å². The molecule has 26 heavy (non-hydrogen) atoms. The first-order valence-corrected chi connectivity index (χ1v) is 10.6. The lowest BCUT2D eigenvalue weighted by Crippen LogP contribution is -2.32. The Morgan fingerprint density at radius 2 is 1.81 bits per heavy atom. The van der Waals surface area contributed by atoms with Crippen molar-refractivity contribution in [1.82, 2.24) is 4.90 Å². The molecule has 0 saturated heterocycles. The van der Waals surface area contributed by atoms with Crippen LogP contribution in [0.1, 0.15) is 23.1 Å². The number of sulfonamides is 1. The van der Waals surface area contributed by atoms with Gasteiger partial charge in [0.15, 0.2) is 0 Å². The summed E-state index contributed by atoms with van der Waals surface area (Å²) in [6.45, 7) is 3.08. The minimum Gasteiger partial charge on any atom is -0.299 e. The lowest BCUT2D eigenvalue weighted by Gasteiger charge is -2.29. The van der Waals surface area contributed by atoms with E-state index >= 15 is 0 Å². The van der Waals surface area contributed by atoms with Crippen LogP contribution < -0.4 is 4.31 Å². The molecule has 0 aliphatic carbocycles. The molecular formula is C20H27ClN2O2S. The van der Waals surface area contributed by atoms with E-state index in [1.54, 1.807) is 7.05 Å². The van der Waals surface area contributed by atoms with Crippen molar-refractivity contribution >= 4 is 28.1 Å². The Morgan fingerprint density at radius 1 is 1.08 bits per heavy atom. The largest absolute Gasteiger partial charge is 0.299 e. The Bertz CT molecular complexity index is 825. The summed E-state index contributed by atoms with van der Waals surface area (Å²) in [6.07, 6.45) is 4.49. The van der Waals surface area contributed by atoms with Crippen molar-refractivity contribution in [2.75, 3.05) is 30.7 Å². The molecule has 0 saturated carbocycles. The van der Waals surface area contributed by atoms with E-state index < -0.39 is 10.0 Å². The minimum absolute atomic E-state index is 0. The summed E-state index contributed by atoms with van der Waals surface area (Å²) in [5, 5.41) is 0. The van der Waals surface area contributed by atoms with E-state index in [1.165, 1.54) is 27.3 Å². The molecule has 0 N–H and O–H groups in total. The third-order valence-electron chi connectivity index (χ3n) is 4.92. The van der Waals surface area contributed by atoms with Gasteiger partial charge in [0.05, 0.1) is 11.9 Å². The quantitative estimate of drug-likeness (QED) is 0.752. The maximum absolute atomic E-state index is 11.7. The van der Waals surface area contributed by atoms with Crippen LogP contribution in [-0.4, -0.2) is 39.7 Å². The number of hydrogen-bond acceptors (Lipinski definition) is 3. The van der Waals surface area contributed by atoms with Gasteiger partial charge in [-0.25, -0.2) is 8.42 Å². The number of aryl methyl sites for hydroxylation is 1. The average Bonchev–Trinajstić information content (AvgIpc) is 2.61. The summed E-state index contributed by atoms with van der Waals surface area (Å²) < 4.78 is 24.8. The summed E-state index contributed by atoms with van der Waals surface area (Å²) >= 11 is 0. The minimum atomic E-state index is -3.21. The lowest BCUT2D eigenvalue weighted by atomic mass is 9.98. The first kappa shape index (κ1) is 20.7. The molecular weight excluding hydrogens is 368 g/mol. The molecule has 2 aromatic rings. The highest BCUT2D eigenvalue weighted by Crippen LogP contribution is 2.25. The zero-order valence-corrected chi connectivity index (χ0v) is 17.0. The van der Waals surface area contributed by atoms with Crippen molar-refractivity contribution in [3.63, 3.8) is 0 Å². The fourth-order valence-corrected chi connectivity index (χ4v) is 3.82. The molecule has 0 aromatic heterocycles. The maximum atomic E-state index is 11.7. The molecule has 1 aliphatic heterocycles. The van der Waals surface area contributed by atoms with Crippen LogP contribution in [0, 0.1) is 0 Å². The van der Waals surface area contributed by atoms with Gasteiger partial charge in [-0.15, -0.1) is 12.4 Å². The van der Waals surface area contributed by atoms with E-state index in [1.807, 2.05) is 12.1 Å². The predicted octanol–water partition coefficient (Wildman–Crippen LogP) is 3.50. The third kappa shape index (κ3) is 5.22. The van der Waals surface area contributed by atoms with Crippen molar-refractivity contribution in [2.45, 2.75) is 25.8 Å². The van der Waals surface area contributed by atoms with Crippen LogP contribution in [-0.2, 0) is 29.4 Å². The SMILES string of the molecule is CN(c1ccc2c(c1)CCN(CCCc1ccccc1)C2)S(C)(=O)=O.Cl. The number of benzene rings is 2. The number of hydrogen-bond donors (Lipinski definition) is 0. The molecule has 0 spiro atoms. The monoisotopic (exact) mass is 394 g/mol. The fraction of sp³-hybridized carbons (Fsp3) is 0.400. The Morgan fingerprint density at radius 3 is 2.50 bits per heavy atom. The summed E-state index contributed by atoms with van der Waals surface area (Å²) in [6, 6.07) is 16.6. The third-order valence-corrected chi connectivity index (χ3v) is 6.13. The van der Waals surface area contributed by atoms with E-state index in [9.17, 15) is 8.42 Å². The number of nitrogens with zero attached hydrogens (tertiary/aromatic N) is 2. The number of halogens is 1. The second-order valence-corrected chi connectivity index (χ2v) is 8.81. The van der Waals surface area contributed by atoms with Gasteiger partial charge in [-0.2, -0.15) is 0 Å². The molecule has 2 aromatic carbocycles. The standard InChI is InChI=1S/C20H26N2O2S.ClH/c1-21(25(2,23)24)20-11-10-19-16-22(14-12-18(19)15-20)13-6-9-17-7-4-3-5-8-17;/h3-5,7-8,10-11,15H,6,9,12-14,16H2,1-2H3;1H. The Kier molecular flexibility index (Phi) is 7.09. The zero-order valence-electron chi connectivity index (χ0n) is 15.4. The first-order valence-electron chi connectivity index (χ1n) is 8.75. The van der Waals surface area contributed by atoms with E-state index in [0.717, 1.165) is 44.6 Å². The van der Waals surface area contributed by atoms with Gasteiger partial charge in [0.1, 0.15) is 0 Å². The molecule has 0 unspecified atom stereocenters. The lowest BCUT2D eigenvalue weighted by molar-refractivity contribution is 0.251. The van der Waals surface area contributed by atoms with E-state index in [4.69, 9.17) is 0 Å². The maximum Gasteiger partial charge on any atom is 0.231 e. The fourth-order valence-electron chi connectivity index (χ4n) is 3.33. The molecule has 0 amide bonds. The van der Waals surface area contributed by atoms with Gasteiger partial charge in [-0.1, -0.05) is 36.4 Å². The molecule has 0 fully saturated rings. The van der Waals surface area contributed by atoms with Gasteiger partial charge in [-0.05, 0) is 54.6 Å². The van der Waals surface area contributed by atoms with E-state index in [2.05, 4.69) is 41.3 Å². The van der Waals surface area contributed by atoms with Gasteiger partial charge in [0.25, 0.3) is 0 Å². The van der Waals surface area contributed by atoms with E-state index in [-0.39, 0.29) is 12.4 Å². The predicted molar refractivity (Wildman–Crippen MR) is 111 cm³/mol. The highest BCUT2D eigenvalue weighted by molar-refractivity contribution is 7.92. The number of fused-ring (bicyclic) bond motifs is 1. The smallest absolute Gasteiger partial charge is 0.231 e. The van der Waals surface area contributed by atoms with Crippen molar-refractivity contribution in [3.8, 4) is 0 Å². The molecule has 1 heterocycles. The second-order valence-electron chi connectivity index (χ2n) is 6.80. The van der Waals surface area contributed by atoms with E-state index in [0.29, 0.717) is 0 Å². The first-order chi connectivity index (χ1) is 11.9. The normalized spacial score (nSPS) is 14.4. The molecule has 3 rings (SSSR count). The molecule has 0 radical (unpaired) electrons. The molecule has 0 bridgehead atoms. The summed E-state index contributed by atoms with van der Waals surface area (Å²) in [5.41, 5.74) is 4.73. The molecule has 0 atom stereocenters. The summed E-state index contributed by atoms with van der Waals surface area (Å²) in [7, 11) is -1.60. The summed E-state index contributed by atoms with van der Waals surface area (Å²) in [4.78, 5) is 2.49. The van der Waals surface area contributed by atoms with Crippen LogP contribution in [0.4, 0.5) is 5.69 Å². The number of rotatable bonds is 6. The molecule has 142 valence electrons. The number of anilines is 1. The van der Waals surface area contributed by atoms with Crippen molar-refractivity contribution in [3.05, 3.63) is 65.2 Å². The van der Waals surface area contributed by atoms with Crippen molar-refractivity contribution in [2.24, 2.45) is 0 Å². The zero-order chi connectivity index (χ0) is 17.9. The Balaban J connectivity index is 0.00000243. The van der Waals surface area contributed by atoms with Crippen LogP contribution >= 0.6 is 12.4 Å².